The number of thioether (sulfide) groups is 1. The van der Waals surface area contributed by atoms with Crippen molar-refractivity contribution in [2.75, 3.05) is 0 Å². The van der Waals surface area contributed by atoms with E-state index in [1.807, 2.05) is 0 Å². The number of hydrogen-bond donors (Lipinski definition) is 3. The molecule has 1 heterocycles. The zero-order chi connectivity index (χ0) is 17.9. The predicted molar refractivity (Wildman–Crippen MR) is 88.2 cm³/mol. The Balaban J connectivity index is 0.00000312. The first-order chi connectivity index (χ1) is 11.2. The summed E-state index contributed by atoms with van der Waals surface area (Å²) >= 11 is 0.812. The molecule has 1 aromatic carbocycles. The van der Waals surface area contributed by atoms with Gasteiger partial charge in [-0.1, -0.05) is 42.1 Å². The van der Waals surface area contributed by atoms with Gasteiger partial charge in [-0.05, 0) is 19.4 Å². The van der Waals surface area contributed by atoms with Crippen LogP contribution >= 0.6 is 11.8 Å². The first-order valence-electron chi connectivity index (χ1n) is 7.24. The van der Waals surface area contributed by atoms with Crippen LogP contribution < -0.4 is 51.0 Å². The molecule has 1 aromatic rings. The molecular weight excluding hydrogens is 353 g/mol. The van der Waals surface area contributed by atoms with Crippen molar-refractivity contribution in [3.8, 4) is 0 Å². The van der Waals surface area contributed by atoms with Crippen LogP contribution in [0.1, 0.15) is 25.5 Å². The van der Waals surface area contributed by atoms with Gasteiger partial charge in [-0.3, -0.25) is 9.59 Å². The Morgan fingerprint density at radius 3 is 2.48 bits per heavy atom. The topological polar surface area (TPSA) is 124 Å². The number of benzene rings is 1. The second-order valence-corrected chi connectivity index (χ2v) is 7.47. The van der Waals surface area contributed by atoms with E-state index in [2.05, 4.69) is 10.6 Å². The number of carbonyl (C=O) groups is 3. The van der Waals surface area contributed by atoms with Crippen LogP contribution in [0.15, 0.2) is 42.2 Å². The fraction of sp³-hybridized carbons (Fsp3) is 0.312. The number of amides is 1. The van der Waals surface area contributed by atoms with E-state index in [0.29, 0.717) is 5.56 Å². The molecule has 0 radical (unpaired) electrons. The van der Waals surface area contributed by atoms with Crippen molar-refractivity contribution in [3.63, 3.8) is 0 Å². The number of rotatable bonds is 4. The average Bonchev–Trinajstić information content (AvgIpc) is 2.63. The summed E-state index contributed by atoms with van der Waals surface area (Å²) in [6, 6.07) is 6.69. The van der Waals surface area contributed by atoms with Crippen LogP contribution in [-0.2, 0) is 14.4 Å². The van der Waals surface area contributed by atoms with E-state index in [4.69, 9.17) is 5.73 Å². The molecule has 7 nitrogen and oxygen atoms in total. The molecule has 2 rings (SSSR count). The van der Waals surface area contributed by atoms with Crippen molar-refractivity contribution < 1.29 is 49.0 Å². The van der Waals surface area contributed by atoms with E-state index in [1.165, 1.54) is 6.20 Å². The SMILES string of the molecule is CC1(C)SC(=O)C(NC(=O)[C@H](N)c2ccccc2)=CN[C@H]1C(=O)[O-].[Na+]. The van der Waals surface area contributed by atoms with Crippen molar-refractivity contribution in [2.24, 2.45) is 5.73 Å². The fourth-order valence-electron chi connectivity index (χ4n) is 2.24. The number of carbonyl (C=O) groups excluding carboxylic acids is 3. The van der Waals surface area contributed by atoms with Crippen LogP contribution in [0.4, 0.5) is 0 Å². The molecule has 1 aliphatic rings. The van der Waals surface area contributed by atoms with Crippen LogP contribution in [0.5, 0.6) is 0 Å². The van der Waals surface area contributed by atoms with E-state index in [9.17, 15) is 19.5 Å². The van der Waals surface area contributed by atoms with Gasteiger partial charge in [-0.2, -0.15) is 0 Å². The predicted octanol–water partition coefficient (Wildman–Crippen LogP) is -3.59. The van der Waals surface area contributed by atoms with Gasteiger partial charge in [-0.15, -0.1) is 0 Å². The van der Waals surface area contributed by atoms with Crippen LogP contribution in [-0.4, -0.2) is 27.8 Å². The molecule has 0 saturated carbocycles. The maximum atomic E-state index is 12.3. The van der Waals surface area contributed by atoms with Gasteiger partial charge in [0.05, 0.1) is 12.0 Å². The summed E-state index contributed by atoms with van der Waals surface area (Å²) in [6.45, 7) is 3.22. The largest absolute Gasteiger partial charge is 1.00 e. The smallest absolute Gasteiger partial charge is 0.548 e. The van der Waals surface area contributed by atoms with E-state index < -0.39 is 33.8 Å². The van der Waals surface area contributed by atoms with E-state index in [-0.39, 0.29) is 35.3 Å². The molecule has 1 amide bonds. The zero-order valence-corrected chi connectivity index (χ0v) is 17.1. The van der Waals surface area contributed by atoms with Gasteiger partial charge in [0.2, 0.25) is 11.0 Å². The Kier molecular flexibility index (Phi) is 7.70. The Bertz CT molecular complexity index is 694. The fourth-order valence-corrected chi connectivity index (χ4v) is 3.22. The van der Waals surface area contributed by atoms with Crippen LogP contribution in [0, 0.1) is 0 Å². The van der Waals surface area contributed by atoms with Gasteiger partial charge in [0, 0.05) is 10.9 Å². The number of hydrogen-bond acceptors (Lipinski definition) is 7. The standard InChI is InChI=1S/C16H19N3O4S.Na/c1-16(2)12(14(21)22)18-8-10(15(23)24-16)19-13(20)11(17)9-6-4-3-5-7-9;/h3-8,11-12,18H,17H2,1-2H3,(H,19,20)(H,21,22);/q;+1/p-1/t11-,12+;/m1./s1. The molecule has 0 unspecified atom stereocenters. The molecule has 9 heteroatoms. The second kappa shape index (κ2) is 8.86. The third-order valence-corrected chi connectivity index (χ3v) is 4.77. The van der Waals surface area contributed by atoms with Crippen LogP contribution in [0.3, 0.4) is 0 Å². The van der Waals surface area contributed by atoms with Crippen molar-refractivity contribution in [1.29, 1.82) is 0 Å². The van der Waals surface area contributed by atoms with Crippen LogP contribution in [0.25, 0.3) is 0 Å². The minimum Gasteiger partial charge on any atom is -0.548 e. The van der Waals surface area contributed by atoms with Gasteiger partial charge < -0.3 is 26.3 Å². The quantitative estimate of drug-likeness (QED) is 0.467. The summed E-state index contributed by atoms with van der Waals surface area (Å²) in [5, 5.41) is 15.8. The number of aliphatic carboxylic acids is 1. The molecule has 2 atom stereocenters. The molecule has 128 valence electrons. The summed E-state index contributed by atoms with van der Waals surface area (Å²) in [7, 11) is 0. The first kappa shape index (κ1) is 21.7. The first-order valence-corrected chi connectivity index (χ1v) is 8.06. The molecule has 25 heavy (non-hydrogen) atoms. The van der Waals surface area contributed by atoms with Crippen molar-refractivity contribution in [3.05, 3.63) is 47.8 Å². The molecule has 1 aliphatic heterocycles. The maximum Gasteiger partial charge on any atom is 1.00 e. The Morgan fingerprint density at radius 1 is 1.32 bits per heavy atom. The molecule has 0 saturated heterocycles. The monoisotopic (exact) mass is 371 g/mol. The third-order valence-electron chi connectivity index (χ3n) is 3.60. The molecule has 4 N–H and O–H groups in total. The number of nitrogens with two attached hydrogens (primary N) is 1. The van der Waals surface area contributed by atoms with Crippen LogP contribution in [0.2, 0.25) is 0 Å². The summed E-state index contributed by atoms with van der Waals surface area (Å²) in [5.74, 6) is -1.89. The minimum atomic E-state index is -1.33. The molecule has 0 aromatic heterocycles. The van der Waals surface area contributed by atoms with Crippen molar-refractivity contribution in [2.45, 2.75) is 30.7 Å². The van der Waals surface area contributed by atoms with Gasteiger partial charge in [-0.25, -0.2) is 0 Å². The van der Waals surface area contributed by atoms with Gasteiger partial charge in [0.25, 0.3) is 0 Å². The normalized spacial score (nSPS) is 20.2. The Labute approximate surface area is 172 Å². The number of nitrogens with one attached hydrogen (secondary N) is 2. The molecular formula is C16H18N3NaO4S. The summed E-state index contributed by atoms with van der Waals surface area (Å²) in [4.78, 5) is 35.7. The molecule has 0 spiro atoms. The average molecular weight is 371 g/mol. The van der Waals surface area contributed by atoms with E-state index in [1.54, 1.807) is 44.2 Å². The van der Waals surface area contributed by atoms with E-state index >= 15 is 0 Å². The molecule has 0 fully saturated rings. The number of carboxylic acid groups (broad SMARTS) is 1. The van der Waals surface area contributed by atoms with Gasteiger partial charge in [0.15, 0.2) is 0 Å². The van der Waals surface area contributed by atoms with Gasteiger partial charge in [0.1, 0.15) is 11.7 Å². The molecule has 0 bridgehead atoms. The Morgan fingerprint density at radius 2 is 1.92 bits per heavy atom. The molecule has 0 aliphatic carbocycles. The Hall–Kier alpha value is -1.32. The minimum absolute atomic E-state index is 0. The van der Waals surface area contributed by atoms with Gasteiger partial charge >= 0.3 is 29.6 Å². The second-order valence-electron chi connectivity index (χ2n) is 5.85. The summed E-state index contributed by atoms with van der Waals surface area (Å²) in [6.07, 6.45) is 1.18. The van der Waals surface area contributed by atoms with E-state index in [0.717, 1.165) is 11.8 Å². The maximum absolute atomic E-state index is 12.3. The summed E-state index contributed by atoms with van der Waals surface area (Å²) in [5.41, 5.74) is 6.44. The summed E-state index contributed by atoms with van der Waals surface area (Å²) < 4.78 is -0.944. The number of carboxylic acids is 1. The van der Waals surface area contributed by atoms with Crippen molar-refractivity contribution in [1.82, 2.24) is 10.6 Å². The third kappa shape index (κ3) is 5.32. The zero-order valence-electron chi connectivity index (χ0n) is 14.2. The van der Waals surface area contributed by atoms with Crippen molar-refractivity contribution >= 4 is 28.8 Å².